The number of H-pyrrole nitrogens is 1. The molecule has 10 heteroatoms. The van der Waals surface area contributed by atoms with Crippen LogP contribution in [0.15, 0.2) is 48.5 Å². The third-order valence-electron chi connectivity index (χ3n) is 7.55. The van der Waals surface area contributed by atoms with Crippen LogP contribution in [-0.2, 0) is 11.3 Å². The van der Waals surface area contributed by atoms with E-state index in [9.17, 15) is 14.4 Å². The summed E-state index contributed by atoms with van der Waals surface area (Å²) in [5.41, 5.74) is 2.16. The third kappa shape index (κ3) is 7.72. The topological polar surface area (TPSA) is 121 Å². The highest BCUT2D eigenvalue weighted by molar-refractivity contribution is 6.30. The Morgan fingerprint density at radius 2 is 1.59 bits per heavy atom. The lowest BCUT2D eigenvalue weighted by Crippen LogP contribution is -2.43. The molecule has 4 rings (SSSR count). The molecule has 1 heterocycles. The molecule has 0 atom stereocenters. The Morgan fingerprint density at radius 1 is 0.949 bits per heavy atom. The van der Waals surface area contributed by atoms with Gasteiger partial charge in [-0.2, -0.15) is 5.21 Å². The van der Waals surface area contributed by atoms with Crippen LogP contribution in [-0.4, -0.2) is 49.2 Å². The maximum absolute atomic E-state index is 13.5. The Kier molecular flexibility index (Phi) is 9.12. The van der Waals surface area contributed by atoms with Crippen molar-refractivity contribution in [3.8, 4) is 0 Å². The Morgan fingerprint density at radius 3 is 2.18 bits per heavy atom. The molecule has 0 saturated heterocycles. The number of tetrazole rings is 1. The molecule has 1 fully saturated rings. The number of hydrogen-bond acceptors (Lipinski definition) is 6. The molecule has 9 nitrogen and oxygen atoms in total. The average molecular weight is 551 g/mol. The molecule has 2 aromatic carbocycles. The standard InChI is InChI=1S/C29H35ClN6O3/c1-29(2,3)22-10-14-24(15-11-22)36(26(38)17-16-25(37)20-8-12-23(30)13-9-20)18-19-4-6-21(7-5-19)27(39)31-28-32-34-35-33-28/h4-9,12-13,22,24H,10-11,14-18H2,1-3H3,(H2,31,32,33,34,35,39). The summed E-state index contributed by atoms with van der Waals surface area (Å²) >= 11 is 5.94. The normalized spacial score (nSPS) is 17.4. The number of carbonyl (C=O) groups excluding carboxylic acids is 3. The van der Waals surface area contributed by atoms with Gasteiger partial charge in [0.2, 0.25) is 5.91 Å². The Labute approximate surface area is 233 Å². The van der Waals surface area contributed by atoms with Crippen LogP contribution >= 0.6 is 11.6 Å². The predicted octanol–water partition coefficient (Wildman–Crippen LogP) is 5.70. The predicted molar refractivity (Wildman–Crippen MR) is 149 cm³/mol. The number of ketones is 1. The van der Waals surface area contributed by atoms with Crippen LogP contribution < -0.4 is 5.32 Å². The number of rotatable bonds is 9. The van der Waals surface area contributed by atoms with Crippen LogP contribution in [0.1, 0.15) is 85.6 Å². The third-order valence-corrected chi connectivity index (χ3v) is 7.81. The fourth-order valence-corrected chi connectivity index (χ4v) is 5.29. The van der Waals surface area contributed by atoms with Gasteiger partial charge in [-0.15, -0.1) is 5.10 Å². The van der Waals surface area contributed by atoms with Gasteiger partial charge in [0.05, 0.1) is 0 Å². The van der Waals surface area contributed by atoms with Crippen molar-refractivity contribution in [2.24, 2.45) is 11.3 Å². The van der Waals surface area contributed by atoms with Gasteiger partial charge in [-0.25, -0.2) is 0 Å². The van der Waals surface area contributed by atoms with Crippen molar-refractivity contribution < 1.29 is 14.4 Å². The summed E-state index contributed by atoms with van der Waals surface area (Å²) < 4.78 is 0. The zero-order chi connectivity index (χ0) is 28.0. The van der Waals surface area contributed by atoms with Crippen LogP contribution in [0.2, 0.25) is 5.02 Å². The van der Waals surface area contributed by atoms with E-state index in [1.165, 1.54) is 0 Å². The fourth-order valence-electron chi connectivity index (χ4n) is 5.17. The second-order valence-corrected chi connectivity index (χ2v) is 11.6. The van der Waals surface area contributed by atoms with Crippen molar-refractivity contribution in [2.45, 2.75) is 71.9 Å². The number of carbonyl (C=O) groups is 3. The maximum Gasteiger partial charge on any atom is 0.270 e. The van der Waals surface area contributed by atoms with E-state index < -0.39 is 0 Å². The molecular weight excluding hydrogens is 516 g/mol. The summed E-state index contributed by atoms with van der Waals surface area (Å²) in [6.45, 7) is 7.25. The number of nitrogens with zero attached hydrogens (tertiary/aromatic N) is 4. The average Bonchev–Trinajstić information content (AvgIpc) is 3.43. The highest BCUT2D eigenvalue weighted by atomic mass is 35.5. The first kappa shape index (κ1) is 28.4. The van der Waals surface area contributed by atoms with E-state index in [0.717, 1.165) is 31.2 Å². The van der Waals surface area contributed by atoms with Crippen molar-refractivity contribution in [1.29, 1.82) is 0 Å². The second-order valence-electron chi connectivity index (χ2n) is 11.2. The van der Waals surface area contributed by atoms with E-state index in [4.69, 9.17) is 11.6 Å². The van der Waals surface area contributed by atoms with Crippen LogP contribution in [0.25, 0.3) is 0 Å². The summed E-state index contributed by atoms with van der Waals surface area (Å²) in [6, 6.07) is 14.0. The van der Waals surface area contributed by atoms with E-state index in [0.29, 0.717) is 28.6 Å². The Balaban J connectivity index is 1.44. The van der Waals surface area contributed by atoms with Crippen LogP contribution in [0, 0.1) is 11.3 Å². The summed E-state index contributed by atoms with van der Waals surface area (Å²) in [6.07, 6.45) is 4.29. The number of halogens is 1. The van der Waals surface area contributed by atoms with Gasteiger partial charge in [-0.1, -0.05) is 49.6 Å². The number of benzene rings is 2. The van der Waals surface area contributed by atoms with E-state index in [2.05, 4.69) is 46.7 Å². The van der Waals surface area contributed by atoms with Crippen molar-refractivity contribution in [1.82, 2.24) is 25.5 Å². The lowest BCUT2D eigenvalue weighted by molar-refractivity contribution is -0.135. The molecule has 2 N–H and O–H groups in total. The summed E-state index contributed by atoms with van der Waals surface area (Å²) in [5, 5.41) is 16.3. The molecule has 0 radical (unpaired) electrons. The fraction of sp³-hybridized carbons (Fsp3) is 0.448. The summed E-state index contributed by atoms with van der Waals surface area (Å²) in [4.78, 5) is 40.6. The minimum atomic E-state index is -0.350. The van der Waals surface area contributed by atoms with Crippen molar-refractivity contribution in [3.05, 3.63) is 70.2 Å². The van der Waals surface area contributed by atoms with Crippen LogP contribution in [0.5, 0.6) is 0 Å². The lowest BCUT2D eigenvalue weighted by Gasteiger charge is -2.41. The van der Waals surface area contributed by atoms with Crippen molar-refractivity contribution >= 4 is 35.1 Å². The van der Waals surface area contributed by atoms with Crippen LogP contribution in [0.3, 0.4) is 0 Å². The molecule has 1 aliphatic rings. The molecule has 1 aliphatic carbocycles. The zero-order valence-corrected chi connectivity index (χ0v) is 23.4. The number of hydrogen-bond donors (Lipinski definition) is 2. The molecule has 0 spiro atoms. The molecule has 0 unspecified atom stereocenters. The molecule has 1 aromatic heterocycles. The molecule has 2 amide bonds. The molecule has 1 saturated carbocycles. The Bertz CT molecular complexity index is 1260. The van der Waals surface area contributed by atoms with E-state index in [-0.39, 0.29) is 47.8 Å². The summed E-state index contributed by atoms with van der Waals surface area (Å²) in [5.74, 6) is 0.259. The first-order valence-corrected chi connectivity index (χ1v) is 13.7. The van der Waals surface area contributed by atoms with Gasteiger partial charge in [0, 0.05) is 41.6 Å². The van der Waals surface area contributed by atoms with E-state index >= 15 is 0 Å². The number of aromatic nitrogens is 4. The monoisotopic (exact) mass is 550 g/mol. The minimum Gasteiger partial charge on any atom is -0.335 e. The molecule has 0 aliphatic heterocycles. The molecule has 206 valence electrons. The van der Waals surface area contributed by atoms with Crippen LogP contribution in [0.4, 0.5) is 5.95 Å². The number of Topliss-reactive ketones (excluding diaryl/α,β-unsaturated/α-hetero) is 1. The minimum absolute atomic E-state index is 0.0320. The molecule has 39 heavy (non-hydrogen) atoms. The first-order valence-electron chi connectivity index (χ1n) is 13.3. The van der Waals surface area contributed by atoms with Gasteiger partial charge in [0.15, 0.2) is 5.78 Å². The first-order chi connectivity index (χ1) is 18.6. The SMILES string of the molecule is CC(C)(C)C1CCC(N(Cc2ccc(C(=O)Nc3nn[nH]n3)cc2)C(=O)CCC(=O)c2ccc(Cl)cc2)CC1. The van der Waals surface area contributed by atoms with E-state index in [1.807, 2.05) is 17.0 Å². The number of aromatic amines is 1. The highest BCUT2D eigenvalue weighted by Crippen LogP contribution is 2.39. The van der Waals surface area contributed by atoms with Gasteiger partial charge in [-0.05, 0) is 84.2 Å². The van der Waals surface area contributed by atoms with Gasteiger partial charge < -0.3 is 4.90 Å². The largest absolute Gasteiger partial charge is 0.335 e. The molecular formula is C29H35ClN6O3. The van der Waals surface area contributed by atoms with E-state index in [1.54, 1.807) is 36.4 Å². The van der Waals surface area contributed by atoms with Gasteiger partial charge in [-0.3, -0.25) is 19.7 Å². The van der Waals surface area contributed by atoms with Gasteiger partial charge >= 0.3 is 0 Å². The van der Waals surface area contributed by atoms with Crippen molar-refractivity contribution in [3.63, 3.8) is 0 Å². The number of anilines is 1. The zero-order valence-electron chi connectivity index (χ0n) is 22.6. The van der Waals surface area contributed by atoms with Gasteiger partial charge in [0.25, 0.3) is 11.9 Å². The molecule has 0 bridgehead atoms. The molecule has 3 aromatic rings. The smallest absolute Gasteiger partial charge is 0.270 e. The van der Waals surface area contributed by atoms with Crippen molar-refractivity contribution in [2.75, 3.05) is 5.32 Å². The lowest BCUT2D eigenvalue weighted by atomic mass is 9.71. The Hall–Kier alpha value is -3.59. The maximum atomic E-state index is 13.5. The van der Waals surface area contributed by atoms with Gasteiger partial charge in [0.1, 0.15) is 0 Å². The quantitative estimate of drug-likeness (QED) is 0.329. The highest BCUT2D eigenvalue weighted by Gasteiger charge is 2.33. The second kappa shape index (κ2) is 12.5. The number of nitrogens with one attached hydrogen (secondary N) is 2. The summed E-state index contributed by atoms with van der Waals surface area (Å²) in [7, 11) is 0. The number of amides is 2.